The van der Waals surface area contributed by atoms with Crippen LogP contribution in [0.25, 0.3) is 11.0 Å². The molecule has 6 heteroatoms. The third-order valence-corrected chi connectivity index (χ3v) is 3.33. The maximum atomic E-state index is 6.10. The van der Waals surface area contributed by atoms with E-state index >= 15 is 0 Å². The Kier molecular flexibility index (Phi) is 5.30. The SMILES string of the molecule is COCCN(c1nc2ccccc2nc1N)C(C)COC. The molecule has 0 bridgehead atoms. The van der Waals surface area contributed by atoms with Crippen LogP contribution in [0.5, 0.6) is 0 Å². The molecule has 0 amide bonds. The van der Waals surface area contributed by atoms with Crippen LogP contribution in [0.15, 0.2) is 24.3 Å². The maximum absolute atomic E-state index is 6.10. The molecule has 0 fully saturated rings. The van der Waals surface area contributed by atoms with E-state index in [1.54, 1.807) is 14.2 Å². The Morgan fingerprint density at radius 3 is 2.43 bits per heavy atom. The first kappa shape index (κ1) is 15.5. The molecule has 0 spiro atoms. The highest BCUT2D eigenvalue weighted by Gasteiger charge is 2.19. The highest BCUT2D eigenvalue weighted by molar-refractivity contribution is 5.79. The first-order valence-electron chi connectivity index (χ1n) is 6.94. The molecule has 2 aromatic rings. The van der Waals surface area contributed by atoms with Crippen molar-refractivity contribution in [2.75, 3.05) is 44.6 Å². The number of anilines is 2. The van der Waals surface area contributed by atoms with E-state index in [0.29, 0.717) is 31.4 Å². The van der Waals surface area contributed by atoms with Gasteiger partial charge in [0, 0.05) is 20.8 Å². The molecular weight excluding hydrogens is 268 g/mol. The Balaban J connectivity index is 2.39. The van der Waals surface area contributed by atoms with Crippen molar-refractivity contribution in [3.05, 3.63) is 24.3 Å². The molecule has 114 valence electrons. The lowest BCUT2D eigenvalue weighted by Gasteiger charge is -2.30. The maximum Gasteiger partial charge on any atom is 0.172 e. The summed E-state index contributed by atoms with van der Waals surface area (Å²) in [6, 6.07) is 7.82. The molecule has 1 aromatic carbocycles. The molecule has 1 aromatic heterocycles. The third-order valence-electron chi connectivity index (χ3n) is 3.33. The van der Waals surface area contributed by atoms with E-state index in [9.17, 15) is 0 Å². The first-order valence-corrected chi connectivity index (χ1v) is 6.94. The van der Waals surface area contributed by atoms with Gasteiger partial charge in [-0.15, -0.1) is 0 Å². The number of ether oxygens (including phenoxy) is 2. The second-order valence-corrected chi connectivity index (χ2v) is 4.91. The third kappa shape index (κ3) is 3.59. The van der Waals surface area contributed by atoms with Crippen molar-refractivity contribution in [2.45, 2.75) is 13.0 Å². The largest absolute Gasteiger partial charge is 0.383 e. The zero-order valence-corrected chi connectivity index (χ0v) is 12.7. The minimum Gasteiger partial charge on any atom is -0.383 e. The fourth-order valence-corrected chi connectivity index (χ4v) is 2.27. The van der Waals surface area contributed by atoms with Gasteiger partial charge in [-0.1, -0.05) is 12.1 Å². The number of methoxy groups -OCH3 is 2. The predicted octanol–water partition coefficient (Wildman–Crippen LogP) is 1.70. The van der Waals surface area contributed by atoms with E-state index in [4.69, 9.17) is 15.2 Å². The number of aromatic nitrogens is 2. The van der Waals surface area contributed by atoms with E-state index < -0.39 is 0 Å². The number of nitrogens with two attached hydrogens (primary N) is 1. The van der Waals surface area contributed by atoms with Gasteiger partial charge in [-0.05, 0) is 19.1 Å². The number of hydrogen-bond donors (Lipinski definition) is 1. The molecule has 0 aliphatic carbocycles. The molecular formula is C15H22N4O2. The monoisotopic (exact) mass is 290 g/mol. The van der Waals surface area contributed by atoms with Gasteiger partial charge in [0.15, 0.2) is 11.6 Å². The minimum absolute atomic E-state index is 0.128. The lowest BCUT2D eigenvalue weighted by Crippen LogP contribution is -2.39. The Labute approximate surface area is 124 Å². The van der Waals surface area contributed by atoms with E-state index in [-0.39, 0.29) is 6.04 Å². The Morgan fingerprint density at radius 1 is 1.14 bits per heavy atom. The van der Waals surface area contributed by atoms with Gasteiger partial charge in [0.25, 0.3) is 0 Å². The summed E-state index contributed by atoms with van der Waals surface area (Å²) in [5.41, 5.74) is 7.72. The number of rotatable bonds is 7. The van der Waals surface area contributed by atoms with Crippen LogP contribution in [0.4, 0.5) is 11.6 Å². The highest BCUT2D eigenvalue weighted by Crippen LogP contribution is 2.24. The molecule has 2 rings (SSSR count). The van der Waals surface area contributed by atoms with Crippen LogP contribution in [-0.2, 0) is 9.47 Å². The van der Waals surface area contributed by atoms with Crippen molar-refractivity contribution in [3.8, 4) is 0 Å². The zero-order chi connectivity index (χ0) is 15.2. The second-order valence-electron chi connectivity index (χ2n) is 4.91. The van der Waals surface area contributed by atoms with Gasteiger partial charge in [0.2, 0.25) is 0 Å². The highest BCUT2D eigenvalue weighted by atomic mass is 16.5. The van der Waals surface area contributed by atoms with Gasteiger partial charge in [-0.2, -0.15) is 0 Å². The van der Waals surface area contributed by atoms with Crippen LogP contribution >= 0.6 is 0 Å². The van der Waals surface area contributed by atoms with Gasteiger partial charge in [-0.3, -0.25) is 0 Å². The fraction of sp³-hybridized carbons (Fsp3) is 0.467. The molecule has 1 atom stereocenters. The number of fused-ring (bicyclic) bond motifs is 1. The van der Waals surface area contributed by atoms with Gasteiger partial charge < -0.3 is 20.1 Å². The molecule has 21 heavy (non-hydrogen) atoms. The summed E-state index contributed by atoms with van der Waals surface area (Å²) in [6.07, 6.45) is 0. The lowest BCUT2D eigenvalue weighted by atomic mass is 10.2. The van der Waals surface area contributed by atoms with Crippen molar-refractivity contribution in [3.63, 3.8) is 0 Å². The van der Waals surface area contributed by atoms with Crippen LogP contribution in [0, 0.1) is 0 Å². The normalized spacial score (nSPS) is 12.5. The molecule has 0 aliphatic heterocycles. The molecule has 0 aliphatic rings. The molecule has 0 radical (unpaired) electrons. The average molecular weight is 290 g/mol. The van der Waals surface area contributed by atoms with Gasteiger partial charge in [-0.25, -0.2) is 9.97 Å². The Morgan fingerprint density at radius 2 is 1.81 bits per heavy atom. The fourth-order valence-electron chi connectivity index (χ4n) is 2.27. The van der Waals surface area contributed by atoms with Crippen molar-refractivity contribution in [2.24, 2.45) is 0 Å². The van der Waals surface area contributed by atoms with Crippen LogP contribution in [0.3, 0.4) is 0 Å². The van der Waals surface area contributed by atoms with Gasteiger partial charge >= 0.3 is 0 Å². The topological polar surface area (TPSA) is 73.5 Å². The molecule has 6 nitrogen and oxygen atoms in total. The van der Waals surface area contributed by atoms with Crippen molar-refractivity contribution < 1.29 is 9.47 Å². The summed E-state index contributed by atoms with van der Waals surface area (Å²) in [5.74, 6) is 1.10. The molecule has 1 unspecified atom stereocenters. The molecule has 0 saturated heterocycles. The number of benzene rings is 1. The standard InChI is InChI=1S/C15H22N4O2/c1-11(10-21-3)19(8-9-20-2)15-14(16)17-12-6-4-5-7-13(12)18-15/h4-7,11H,8-10H2,1-3H3,(H2,16,17). The smallest absolute Gasteiger partial charge is 0.172 e. The number of para-hydroxylation sites is 2. The van der Waals surface area contributed by atoms with Crippen LogP contribution in [-0.4, -0.2) is 50.0 Å². The van der Waals surface area contributed by atoms with E-state index in [1.807, 2.05) is 24.3 Å². The zero-order valence-electron chi connectivity index (χ0n) is 12.7. The van der Waals surface area contributed by atoms with Crippen LogP contribution in [0.2, 0.25) is 0 Å². The summed E-state index contributed by atoms with van der Waals surface area (Å²) in [7, 11) is 3.36. The van der Waals surface area contributed by atoms with Crippen molar-refractivity contribution in [1.82, 2.24) is 9.97 Å². The summed E-state index contributed by atoms with van der Waals surface area (Å²) in [6.45, 7) is 3.91. The average Bonchev–Trinajstić information content (AvgIpc) is 2.48. The number of nitrogens with zero attached hydrogens (tertiary/aromatic N) is 3. The quantitative estimate of drug-likeness (QED) is 0.836. The Hall–Kier alpha value is -1.92. The minimum atomic E-state index is 0.128. The molecule has 2 N–H and O–H groups in total. The predicted molar refractivity (Wildman–Crippen MR) is 84.5 cm³/mol. The van der Waals surface area contributed by atoms with E-state index in [0.717, 1.165) is 11.0 Å². The van der Waals surface area contributed by atoms with E-state index in [2.05, 4.69) is 21.8 Å². The second kappa shape index (κ2) is 7.19. The van der Waals surface area contributed by atoms with Crippen molar-refractivity contribution >= 4 is 22.7 Å². The molecule has 0 saturated carbocycles. The first-order chi connectivity index (χ1) is 10.2. The van der Waals surface area contributed by atoms with E-state index in [1.165, 1.54) is 0 Å². The summed E-state index contributed by atoms with van der Waals surface area (Å²) in [4.78, 5) is 11.2. The Bertz CT molecular complexity index is 591. The van der Waals surface area contributed by atoms with Gasteiger partial charge in [0.1, 0.15) is 0 Å². The number of hydrogen-bond acceptors (Lipinski definition) is 6. The summed E-state index contributed by atoms with van der Waals surface area (Å²) < 4.78 is 10.4. The summed E-state index contributed by atoms with van der Waals surface area (Å²) >= 11 is 0. The van der Waals surface area contributed by atoms with Gasteiger partial charge in [0.05, 0.1) is 30.3 Å². The van der Waals surface area contributed by atoms with Crippen LogP contribution < -0.4 is 10.6 Å². The van der Waals surface area contributed by atoms with Crippen LogP contribution in [0.1, 0.15) is 6.92 Å². The summed E-state index contributed by atoms with van der Waals surface area (Å²) in [5, 5.41) is 0. The van der Waals surface area contributed by atoms with Crippen molar-refractivity contribution in [1.29, 1.82) is 0 Å². The lowest BCUT2D eigenvalue weighted by molar-refractivity contribution is 0.170. The number of nitrogen functional groups attached to an aromatic ring is 1. The molecule has 1 heterocycles.